The molecular weight excluding hydrogens is 392 g/mol. The van der Waals surface area contributed by atoms with Gasteiger partial charge in [0.15, 0.2) is 0 Å². The maximum atomic E-state index is 13.0. The van der Waals surface area contributed by atoms with Gasteiger partial charge in [0.25, 0.3) is 11.7 Å². The molecule has 0 unspecified atom stereocenters. The summed E-state index contributed by atoms with van der Waals surface area (Å²) in [5.41, 5.74) is 2.13. The summed E-state index contributed by atoms with van der Waals surface area (Å²) in [5, 5.41) is 11.2. The van der Waals surface area contributed by atoms with Crippen LogP contribution < -0.4 is 4.74 Å². The average molecular weight is 421 g/mol. The van der Waals surface area contributed by atoms with E-state index in [1.165, 1.54) is 0 Å². The van der Waals surface area contributed by atoms with Crippen LogP contribution in [0.2, 0.25) is 0 Å². The van der Waals surface area contributed by atoms with Gasteiger partial charge in [-0.2, -0.15) is 0 Å². The molecule has 3 rings (SSSR count). The molecule has 1 heterocycles. The molecule has 1 saturated heterocycles. The Morgan fingerprint density at radius 3 is 2.52 bits per heavy atom. The van der Waals surface area contributed by atoms with Crippen LogP contribution in [0.15, 0.2) is 66.8 Å². The number of nitrogens with zero attached hydrogens (tertiary/aromatic N) is 2. The number of benzene rings is 2. The minimum atomic E-state index is -0.670. The summed E-state index contributed by atoms with van der Waals surface area (Å²) in [6.45, 7) is 6.81. The predicted molar refractivity (Wildman–Crippen MR) is 121 cm³/mol. The molecule has 0 saturated carbocycles. The molecule has 0 aromatic heterocycles. The molecule has 1 amide bonds. The third-order valence-corrected chi connectivity index (χ3v) is 5.26. The van der Waals surface area contributed by atoms with Crippen molar-refractivity contribution in [2.24, 2.45) is 0 Å². The van der Waals surface area contributed by atoms with Gasteiger partial charge in [-0.05, 0) is 50.3 Å². The standard InChI is InChI=1S/C25H28N2O4/c1-5-15-31-19-11-12-20(17(2)16-19)23(28)21-22(18-9-7-6-8-10-18)27(14-13-26(3)4)25(30)24(21)29/h5-12,16,22,28H,1,13-15H2,2-4H3/t22-/m1/s1. The van der Waals surface area contributed by atoms with E-state index in [9.17, 15) is 14.7 Å². The Kier molecular flexibility index (Phi) is 6.92. The molecule has 6 nitrogen and oxygen atoms in total. The van der Waals surface area contributed by atoms with Gasteiger partial charge in [-0.3, -0.25) is 9.59 Å². The Bertz CT molecular complexity index is 1010. The van der Waals surface area contributed by atoms with E-state index in [0.717, 1.165) is 11.1 Å². The zero-order valence-corrected chi connectivity index (χ0v) is 18.2. The van der Waals surface area contributed by atoms with Gasteiger partial charge in [-0.1, -0.05) is 43.0 Å². The van der Waals surface area contributed by atoms with Crippen LogP contribution in [0, 0.1) is 6.92 Å². The molecule has 6 heteroatoms. The number of carbonyl (C=O) groups is 2. The lowest BCUT2D eigenvalue weighted by Crippen LogP contribution is -2.35. The zero-order chi connectivity index (χ0) is 22.5. The highest BCUT2D eigenvalue weighted by molar-refractivity contribution is 6.46. The fourth-order valence-corrected chi connectivity index (χ4v) is 3.69. The lowest BCUT2D eigenvalue weighted by molar-refractivity contribution is -0.140. The number of ether oxygens (including phenoxy) is 1. The Hall–Kier alpha value is -3.38. The van der Waals surface area contributed by atoms with E-state index in [2.05, 4.69) is 6.58 Å². The first-order valence-electron chi connectivity index (χ1n) is 10.2. The molecule has 2 aromatic rings. The van der Waals surface area contributed by atoms with Gasteiger partial charge < -0.3 is 19.6 Å². The average Bonchev–Trinajstić information content (AvgIpc) is 3.01. The smallest absolute Gasteiger partial charge is 0.295 e. The van der Waals surface area contributed by atoms with Crippen molar-refractivity contribution < 1.29 is 19.4 Å². The van der Waals surface area contributed by atoms with Gasteiger partial charge in [0.05, 0.1) is 11.6 Å². The van der Waals surface area contributed by atoms with Gasteiger partial charge in [0.1, 0.15) is 18.1 Å². The fraction of sp³-hybridized carbons (Fsp3) is 0.280. The first-order chi connectivity index (χ1) is 14.8. The maximum Gasteiger partial charge on any atom is 0.295 e. The van der Waals surface area contributed by atoms with Crippen LogP contribution in [0.5, 0.6) is 5.75 Å². The third-order valence-electron chi connectivity index (χ3n) is 5.26. The van der Waals surface area contributed by atoms with E-state index in [-0.39, 0.29) is 11.3 Å². The number of hydrogen-bond donors (Lipinski definition) is 1. The largest absolute Gasteiger partial charge is 0.507 e. The number of amides is 1. The Morgan fingerprint density at radius 1 is 1.19 bits per heavy atom. The number of aryl methyl sites for hydroxylation is 1. The van der Waals surface area contributed by atoms with Gasteiger partial charge in [-0.15, -0.1) is 0 Å². The van der Waals surface area contributed by atoms with Crippen molar-refractivity contribution in [3.05, 3.63) is 83.4 Å². The number of likely N-dealkylation sites (tertiary alicyclic amines) is 1. The van der Waals surface area contributed by atoms with Crippen LogP contribution in [0.3, 0.4) is 0 Å². The molecule has 1 aliphatic heterocycles. The molecule has 0 aliphatic carbocycles. The molecule has 162 valence electrons. The van der Waals surface area contributed by atoms with E-state index in [1.807, 2.05) is 56.3 Å². The number of rotatable bonds is 8. The minimum Gasteiger partial charge on any atom is -0.507 e. The van der Waals surface area contributed by atoms with Crippen molar-refractivity contribution in [1.82, 2.24) is 9.80 Å². The summed E-state index contributed by atoms with van der Waals surface area (Å²) in [5.74, 6) is -0.801. The lowest BCUT2D eigenvalue weighted by atomic mass is 9.94. The number of carbonyl (C=O) groups excluding carboxylic acids is 2. The molecule has 0 radical (unpaired) electrons. The van der Waals surface area contributed by atoms with Crippen LogP contribution >= 0.6 is 0 Å². The summed E-state index contributed by atoms with van der Waals surface area (Å²) in [6.07, 6.45) is 1.65. The Balaban J connectivity index is 2.09. The lowest BCUT2D eigenvalue weighted by Gasteiger charge is -2.26. The van der Waals surface area contributed by atoms with Gasteiger partial charge in [-0.25, -0.2) is 0 Å². The van der Waals surface area contributed by atoms with Crippen LogP contribution in [-0.2, 0) is 9.59 Å². The number of ketones is 1. The van der Waals surface area contributed by atoms with E-state index >= 15 is 0 Å². The second-order valence-electron chi connectivity index (χ2n) is 7.78. The molecule has 31 heavy (non-hydrogen) atoms. The van der Waals surface area contributed by atoms with Crippen molar-refractivity contribution in [3.8, 4) is 5.75 Å². The van der Waals surface area contributed by atoms with Crippen molar-refractivity contribution in [2.45, 2.75) is 13.0 Å². The molecule has 1 aliphatic rings. The third kappa shape index (κ3) is 4.70. The number of aliphatic hydroxyl groups is 1. The molecule has 0 bridgehead atoms. The van der Waals surface area contributed by atoms with Crippen LogP contribution in [0.1, 0.15) is 22.7 Å². The van der Waals surface area contributed by atoms with Gasteiger partial charge >= 0.3 is 0 Å². The van der Waals surface area contributed by atoms with Crippen LogP contribution in [0.4, 0.5) is 0 Å². The summed E-state index contributed by atoms with van der Waals surface area (Å²) in [7, 11) is 3.82. The normalized spacial score (nSPS) is 17.9. The predicted octanol–water partition coefficient (Wildman–Crippen LogP) is 3.54. The van der Waals surface area contributed by atoms with Crippen molar-refractivity contribution in [3.63, 3.8) is 0 Å². The van der Waals surface area contributed by atoms with Gasteiger partial charge in [0, 0.05) is 18.7 Å². The first kappa shape index (κ1) is 22.3. The maximum absolute atomic E-state index is 13.0. The first-order valence-corrected chi connectivity index (χ1v) is 10.2. The highest BCUT2D eigenvalue weighted by atomic mass is 16.5. The van der Waals surface area contributed by atoms with E-state index in [4.69, 9.17) is 4.74 Å². The second-order valence-corrected chi connectivity index (χ2v) is 7.78. The topological polar surface area (TPSA) is 70.1 Å². The Labute approximate surface area is 183 Å². The van der Waals surface area contributed by atoms with E-state index in [0.29, 0.717) is 31.0 Å². The second kappa shape index (κ2) is 9.62. The van der Waals surface area contributed by atoms with Crippen LogP contribution in [0.25, 0.3) is 5.76 Å². The van der Waals surface area contributed by atoms with Crippen molar-refractivity contribution in [2.75, 3.05) is 33.8 Å². The van der Waals surface area contributed by atoms with Crippen molar-refractivity contribution >= 4 is 17.4 Å². The number of hydrogen-bond acceptors (Lipinski definition) is 5. The van der Waals surface area contributed by atoms with Crippen molar-refractivity contribution in [1.29, 1.82) is 0 Å². The van der Waals surface area contributed by atoms with E-state index < -0.39 is 17.7 Å². The Morgan fingerprint density at radius 2 is 1.90 bits per heavy atom. The number of Topliss-reactive ketones (excluding diaryl/α,β-unsaturated/α-hetero) is 1. The van der Waals surface area contributed by atoms with Gasteiger partial charge in [0.2, 0.25) is 0 Å². The molecule has 0 spiro atoms. The molecule has 1 fully saturated rings. The zero-order valence-electron chi connectivity index (χ0n) is 18.2. The van der Waals surface area contributed by atoms with Crippen LogP contribution in [-0.4, -0.2) is 60.4 Å². The number of likely N-dealkylation sites (N-methyl/N-ethyl adjacent to an activating group) is 1. The number of aliphatic hydroxyl groups excluding tert-OH is 1. The molecule has 1 N–H and O–H groups in total. The minimum absolute atomic E-state index is 0.109. The summed E-state index contributed by atoms with van der Waals surface area (Å²) in [6, 6.07) is 13.9. The quantitative estimate of drug-likeness (QED) is 0.306. The summed E-state index contributed by atoms with van der Waals surface area (Å²) >= 11 is 0. The molecule has 2 aromatic carbocycles. The summed E-state index contributed by atoms with van der Waals surface area (Å²) < 4.78 is 5.55. The van der Waals surface area contributed by atoms with E-state index in [1.54, 1.807) is 29.2 Å². The molecule has 1 atom stereocenters. The highest BCUT2D eigenvalue weighted by Crippen LogP contribution is 2.39. The SMILES string of the molecule is C=CCOc1ccc(C(O)=C2C(=O)C(=O)N(CCN(C)C)[C@@H]2c2ccccc2)c(C)c1. The monoisotopic (exact) mass is 420 g/mol. The molecular formula is C25H28N2O4. The summed E-state index contributed by atoms with van der Waals surface area (Å²) in [4.78, 5) is 29.4. The fourth-order valence-electron chi connectivity index (χ4n) is 3.69. The highest BCUT2D eigenvalue weighted by Gasteiger charge is 2.45.